The minimum atomic E-state index is -2.41. The molecule has 402 valence electrons. The van der Waals surface area contributed by atoms with Crippen molar-refractivity contribution in [3.8, 4) is 0 Å². The Balaban J connectivity index is 1.55. The summed E-state index contributed by atoms with van der Waals surface area (Å²) in [6.07, 6.45) is 41.0. The zero-order chi connectivity index (χ0) is 50.8. The molecule has 0 aliphatic rings. The fourth-order valence-electron chi connectivity index (χ4n) is 9.45. The third-order valence-electron chi connectivity index (χ3n) is 13.8. The van der Waals surface area contributed by atoms with E-state index in [1.165, 1.54) is 289 Å². The summed E-state index contributed by atoms with van der Waals surface area (Å²) in [5.41, 5.74) is 0. The minimum absolute atomic E-state index is 0.816. The Morgan fingerprint density at radius 1 is 0.254 bits per heavy atom. The number of unbranched alkanes of at least 4 members (excludes halogenated alkanes) is 25. The van der Waals surface area contributed by atoms with Crippen LogP contribution in [0, 0.1) is 0 Å². The van der Waals surface area contributed by atoms with E-state index in [-0.39, 0.29) is 0 Å². The smallest absolute Gasteiger partial charge is 0.126 e. The van der Waals surface area contributed by atoms with Crippen LogP contribution in [0.1, 0.15) is 234 Å². The maximum atomic E-state index is 6.02. The van der Waals surface area contributed by atoms with E-state index in [1.807, 2.05) is 0 Å². The molecule has 10 heteroatoms. The largest absolute Gasteiger partial charge is 0.341 e. The zero-order valence-corrected chi connectivity index (χ0v) is 53.6. The van der Waals surface area contributed by atoms with Crippen molar-refractivity contribution >= 4 is 142 Å². The van der Waals surface area contributed by atoms with Crippen LogP contribution in [0.25, 0.3) is 32.3 Å². The molecule has 4 aromatic rings. The minimum Gasteiger partial charge on any atom is -0.126 e. The highest BCUT2D eigenvalue weighted by molar-refractivity contribution is 8.03. The normalized spacial score (nSPS) is 12.2. The van der Waals surface area contributed by atoms with Crippen LogP contribution >= 0.6 is 104 Å². The van der Waals surface area contributed by atoms with Gasteiger partial charge in [0.05, 0.1) is 0 Å². The number of benzene rings is 4. The fourth-order valence-corrected chi connectivity index (χ4v) is 18.2. The summed E-state index contributed by atoms with van der Waals surface area (Å²) in [7, 11) is 0. The highest BCUT2D eigenvalue weighted by Crippen LogP contribution is 2.47. The van der Waals surface area contributed by atoms with Gasteiger partial charge in [-0.15, -0.1) is 104 Å². The van der Waals surface area contributed by atoms with E-state index in [0.717, 1.165) is 12.5 Å². The second kappa shape index (κ2) is 40.1. The second-order valence-corrected chi connectivity index (χ2v) is 36.3. The summed E-state index contributed by atoms with van der Waals surface area (Å²) in [6.45, 7) is 11.7. The van der Waals surface area contributed by atoms with Crippen LogP contribution in [0.5, 0.6) is 0 Å². The Kier molecular flexibility index (Phi) is 36.4. The van der Waals surface area contributed by atoms with Crippen LogP contribution < -0.4 is 0 Å². The van der Waals surface area contributed by atoms with Crippen molar-refractivity contribution in [2.75, 3.05) is 34.5 Å². The van der Waals surface area contributed by atoms with Crippen molar-refractivity contribution in [3.05, 3.63) is 36.4 Å². The van der Waals surface area contributed by atoms with Gasteiger partial charge in [-0.25, -0.2) is 0 Å². The lowest BCUT2D eigenvalue weighted by Crippen LogP contribution is -2.07. The van der Waals surface area contributed by atoms with Gasteiger partial charge in [-0.05, 0) is 148 Å². The SMILES string of the molecule is CCCCCSc1cc2c3cc(SCCCCC)c(SCCCCC)cc3c3cc(SCCCCCCCCCCCCCCCCCC[Si](Cl)(Cl)Cl)c(SCCCCC)cc3c2cc1SCCCCC. The molecule has 0 unspecified atom stereocenters. The van der Waals surface area contributed by atoms with Gasteiger partial charge >= 0.3 is 6.00 Å². The van der Waals surface area contributed by atoms with Gasteiger partial charge in [0.1, 0.15) is 0 Å². The Morgan fingerprint density at radius 3 is 0.606 bits per heavy atom. The predicted molar refractivity (Wildman–Crippen MR) is 343 cm³/mol. The molecule has 0 aliphatic heterocycles. The average Bonchev–Trinajstić information content (AvgIpc) is 3.36. The topological polar surface area (TPSA) is 0 Å². The molecule has 0 radical (unpaired) electrons. The monoisotopic (exact) mass is 1150 g/mol. The molecule has 0 saturated carbocycles. The molecule has 0 amide bonds. The van der Waals surface area contributed by atoms with Crippen molar-refractivity contribution in [3.63, 3.8) is 0 Å². The standard InChI is InChI=1S/C61H97Cl3S6Si/c1-6-11-30-37-65-56-44-50-51-45-57(66-38-31-12-7-2)59(68-40-33-14-9-4)47-53(51)55-49-61(60(69-41-34-15-10-5)48-54(55)52(50)46-58(56)67-39-32-13-8-3)70-42-35-28-26-24-22-20-18-16-17-19-21-23-25-27-29-36-43-71(62,63)64/h44-49H,6-43H2,1-5H3. The van der Waals surface area contributed by atoms with Gasteiger partial charge in [0.25, 0.3) is 0 Å². The second-order valence-electron chi connectivity index (χ2n) is 20.2. The first-order chi connectivity index (χ1) is 34.7. The van der Waals surface area contributed by atoms with Crippen LogP contribution in [0.2, 0.25) is 6.04 Å². The van der Waals surface area contributed by atoms with Gasteiger partial charge in [-0.1, -0.05) is 195 Å². The van der Waals surface area contributed by atoms with E-state index in [2.05, 4.69) is 142 Å². The molecule has 0 spiro atoms. The number of hydrogen-bond acceptors (Lipinski definition) is 6. The summed E-state index contributed by atoms with van der Waals surface area (Å²) < 4.78 is 0. The molecule has 0 aromatic heterocycles. The van der Waals surface area contributed by atoms with Crippen LogP contribution in [0.3, 0.4) is 0 Å². The lowest BCUT2D eigenvalue weighted by molar-refractivity contribution is 0.531. The maximum absolute atomic E-state index is 6.02. The third kappa shape index (κ3) is 25.9. The van der Waals surface area contributed by atoms with Gasteiger partial charge in [0.15, 0.2) is 0 Å². The maximum Gasteiger partial charge on any atom is 0.341 e. The van der Waals surface area contributed by atoms with E-state index in [9.17, 15) is 0 Å². The van der Waals surface area contributed by atoms with Crippen molar-refractivity contribution in [2.45, 2.75) is 269 Å². The van der Waals surface area contributed by atoms with E-state index >= 15 is 0 Å². The Morgan fingerprint density at radius 2 is 0.423 bits per heavy atom. The zero-order valence-electron chi connectivity index (χ0n) is 45.4. The lowest BCUT2D eigenvalue weighted by atomic mass is 9.94. The number of thioether (sulfide) groups is 6. The molecule has 0 fully saturated rings. The first-order valence-electron chi connectivity index (χ1n) is 29.1. The average molecular weight is 1160 g/mol. The van der Waals surface area contributed by atoms with Crippen molar-refractivity contribution < 1.29 is 0 Å². The molecule has 0 N–H and O–H groups in total. The lowest BCUT2D eigenvalue weighted by Gasteiger charge is -2.20. The van der Waals surface area contributed by atoms with E-state index in [0.29, 0.717) is 0 Å². The van der Waals surface area contributed by atoms with E-state index < -0.39 is 6.00 Å². The molecule has 71 heavy (non-hydrogen) atoms. The summed E-state index contributed by atoms with van der Waals surface area (Å²) in [4.78, 5) is 9.07. The third-order valence-corrected chi connectivity index (χ3v) is 23.6. The summed E-state index contributed by atoms with van der Waals surface area (Å²) in [5.74, 6) is 7.23. The molecular weight excluding hydrogens is 1060 g/mol. The number of hydrogen-bond donors (Lipinski definition) is 0. The number of rotatable bonds is 45. The van der Waals surface area contributed by atoms with E-state index in [1.54, 1.807) is 0 Å². The summed E-state index contributed by atoms with van der Waals surface area (Å²) in [5, 5.41) is 8.83. The summed E-state index contributed by atoms with van der Waals surface area (Å²) in [6, 6.07) is 14.3. The highest BCUT2D eigenvalue weighted by atomic mass is 35.8. The van der Waals surface area contributed by atoms with E-state index in [4.69, 9.17) is 33.2 Å². The van der Waals surface area contributed by atoms with Crippen LogP contribution in [0.15, 0.2) is 65.8 Å². The predicted octanol–water partition coefficient (Wildman–Crippen LogP) is 25.5. The molecule has 0 bridgehead atoms. The quantitative estimate of drug-likeness (QED) is 0.0141. The number of halogens is 3. The first kappa shape index (κ1) is 64.4. The molecule has 4 aromatic carbocycles. The molecule has 0 nitrogen and oxygen atoms in total. The molecule has 0 heterocycles. The van der Waals surface area contributed by atoms with Gasteiger partial charge in [0.2, 0.25) is 0 Å². The van der Waals surface area contributed by atoms with Crippen molar-refractivity contribution in [2.24, 2.45) is 0 Å². The molecule has 0 saturated heterocycles. The van der Waals surface area contributed by atoms with Crippen molar-refractivity contribution in [1.82, 2.24) is 0 Å². The summed E-state index contributed by atoms with van der Waals surface area (Å²) >= 11 is 30.9. The van der Waals surface area contributed by atoms with Gasteiger partial charge in [0, 0.05) is 29.4 Å². The Bertz CT molecular complexity index is 1970. The molecule has 0 atom stereocenters. The van der Waals surface area contributed by atoms with Gasteiger partial charge < -0.3 is 0 Å². The molecular formula is C61H97Cl3S6Si. The van der Waals surface area contributed by atoms with Gasteiger partial charge in [-0.2, -0.15) is 0 Å². The number of fused-ring (bicyclic) bond motifs is 6. The Labute approximate surface area is 477 Å². The van der Waals surface area contributed by atoms with Crippen molar-refractivity contribution in [1.29, 1.82) is 0 Å². The first-order valence-corrected chi connectivity index (χ1v) is 40.3. The molecule has 4 rings (SSSR count). The van der Waals surface area contributed by atoms with Crippen LogP contribution in [-0.2, 0) is 0 Å². The van der Waals surface area contributed by atoms with Crippen LogP contribution in [0.4, 0.5) is 0 Å². The van der Waals surface area contributed by atoms with Gasteiger partial charge in [-0.3, -0.25) is 0 Å². The highest BCUT2D eigenvalue weighted by Gasteiger charge is 2.23. The fraction of sp³-hybridized carbons (Fsp3) is 0.705. The molecule has 0 aliphatic carbocycles. The van der Waals surface area contributed by atoms with Crippen LogP contribution in [-0.4, -0.2) is 40.5 Å². The Hall–Kier alpha value is 0.847.